The van der Waals surface area contributed by atoms with Gasteiger partial charge in [-0.15, -0.1) is 0 Å². The van der Waals surface area contributed by atoms with Crippen LogP contribution in [0.5, 0.6) is 5.75 Å². The van der Waals surface area contributed by atoms with Crippen molar-refractivity contribution in [1.82, 2.24) is 5.32 Å². The molecular weight excluding hydrogens is 524 g/mol. The third-order valence-electron chi connectivity index (χ3n) is 5.82. The fraction of sp³-hybridized carbons (Fsp3) is 0.391. The zero-order chi connectivity index (χ0) is 23.9. The van der Waals surface area contributed by atoms with Crippen LogP contribution in [0.25, 0.3) is 0 Å². The van der Waals surface area contributed by atoms with E-state index in [2.05, 4.69) is 26.1 Å². The number of aromatic hydroxyl groups is 1. The van der Waals surface area contributed by atoms with Crippen LogP contribution < -0.4 is 23.8 Å². The number of rotatable bonds is 11. The molecule has 0 aliphatic rings. The second-order valence-corrected chi connectivity index (χ2v) is 19.4. The number of phenols is 1. The molecule has 0 heterocycles. The third kappa shape index (κ3) is 6.46. The zero-order valence-corrected chi connectivity index (χ0v) is 20.9. The van der Waals surface area contributed by atoms with Gasteiger partial charge in [0, 0.05) is 0 Å². The Hall–Kier alpha value is -2.11. The first-order valence-electron chi connectivity index (χ1n) is 10.6. The maximum atomic E-state index is 12.7. The van der Waals surface area contributed by atoms with Crippen LogP contribution >= 0.6 is 0 Å². The van der Waals surface area contributed by atoms with E-state index in [0.717, 1.165) is 4.43 Å². The summed E-state index contributed by atoms with van der Waals surface area (Å²) in [4.78, 5) is 23.9. The molecule has 32 heavy (non-hydrogen) atoms. The molecule has 0 unspecified atom stereocenters. The molecule has 0 spiro atoms. The Morgan fingerprint density at radius 1 is 1.00 bits per heavy atom. The quantitative estimate of drug-likeness (QED) is 0.140. The molecule has 0 aliphatic carbocycles. The van der Waals surface area contributed by atoms with E-state index in [1.807, 2.05) is 12.1 Å². The molecule has 176 valence electrons. The van der Waals surface area contributed by atoms with Gasteiger partial charge in [0.15, 0.2) is 0 Å². The average molecular weight is 556 g/mol. The fourth-order valence-electron chi connectivity index (χ4n) is 3.57. The normalized spacial score (nSPS) is 12.8. The number of halogens is 1. The van der Waals surface area contributed by atoms with Gasteiger partial charge in [-0.1, -0.05) is 0 Å². The van der Waals surface area contributed by atoms with Crippen LogP contribution in [0.2, 0.25) is 0 Å². The minimum absolute atomic E-state index is 0.145. The van der Waals surface area contributed by atoms with Crippen molar-refractivity contribution in [2.45, 2.75) is 37.6 Å². The van der Waals surface area contributed by atoms with Gasteiger partial charge in [-0.2, -0.15) is 0 Å². The molecule has 1 atom stereocenters. The number of carbonyl (C=O) groups is 2. The Labute approximate surface area is 193 Å². The summed E-state index contributed by atoms with van der Waals surface area (Å²) in [5.74, 6) is -3.35. The maximum absolute atomic E-state index is 12.7. The standard InChI is InChI=1S/C23H32BINO6/c1-4-25(5-2,6-3)15-16-10-12-17(13-11-16)22(28)26-20(24(31)32)14-18-8-7-9-19(21(18)27)23(29)30/h7-13,20,27,31-32H,4-6,14-15H2,1-3H3,(H,26,28)(H,29,30)/q-1/t20-/m0/s1. The molecule has 0 bridgehead atoms. The second kappa shape index (κ2) is 11.7. The van der Waals surface area contributed by atoms with Gasteiger partial charge in [-0.05, 0) is 6.07 Å². The summed E-state index contributed by atoms with van der Waals surface area (Å²) in [5, 5.41) is 41.4. The Morgan fingerprint density at radius 3 is 2.09 bits per heavy atom. The molecule has 0 fully saturated rings. The number of para-hydroxylation sites is 1. The molecule has 9 heteroatoms. The van der Waals surface area contributed by atoms with Crippen molar-refractivity contribution >= 4 is 19.0 Å². The van der Waals surface area contributed by atoms with E-state index in [1.54, 1.807) is 12.1 Å². The fourth-order valence-corrected chi connectivity index (χ4v) is 10.8. The van der Waals surface area contributed by atoms with E-state index in [-0.39, 0.29) is 17.5 Å². The van der Waals surface area contributed by atoms with Gasteiger partial charge < -0.3 is 5.11 Å². The van der Waals surface area contributed by atoms with E-state index < -0.39 is 49.1 Å². The number of carbonyl (C=O) groups excluding carboxylic acids is 1. The Balaban J connectivity index is 2.14. The molecule has 0 saturated heterocycles. The Kier molecular flexibility index (Phi) is 9.54. The van der Waals surface area contributed by atoms with Gasteiger partial charge in [0.2, 0.25) is 0 Å². The number of carboxylic acid groups (broad SMARTS) is 1. The first-order chi connectivity index (χ1) is 15.2. The van der Waals surface area contributed by atoms with Crippen LogP contribution in [0.4, 0.5) is 0 Å². The van der Waals surface area contributed by atoms with E-state index in [1.165, 1.54) is 37.0 Å². The molecule has 0 aliphatic heterocycles. The monoisotopic (exact) mass is 556 g/mol. The summed E-state index contributed by atoms with van der Waals surface area (Å²) in [5.41, 5.74) is 1.52. The summed E-state index contributed by atoms with van der Waals surface area (Å²) in [6.45, 7) is 6.82. The summed E-state index contributed by atoms with van der Waals surface area (Å²) >= 11 is -1.80. The number of alkyl halides is 4. The van der Waals surface area contributed by atoms with Crippen molar-refractivity contribution in [1.29, 1.82) is 0 Å². The van der Waals surface area contributed by atoms with E-state index in [4.69, 9.17) is 5.11 Å². The Bertz CT molecular complexity index is 922. The minimum atomic E-state index is -1.89. The van der Waals surface area contributed by atoms with Crippen LogP contribution in [0.15, 0.2) is 42.5 Å². The van der Waals surface area contributed by atoms with Gasteiger partial charge in [0.05, 0.1) is 0 Å². The van der Waals surface area contributed by atoms with Crippen molar-refractivity contribution < 1.29 is 48.3 Å². The number of benzene rings is 2. The second-order valence-electron chi connectivity index (χ2n) is 7.58. The molecule has 1 amide bonds. The van der Waals surface area contributed by atoms with Crippen LogP contribution in [0.3, 0.4) is 0 Å². The summed E-state index contributed by atoms with van der Waals surface area (Å²) in [7, 11) is -1.89. The van der Waals surface area contributed by atoms with Gasteiger partial charge >= 0.3 is 178 Å². The predicted octanol–water partition coefficient (Wildman–Crippen LogP) is -0.836. The molecule has 5 N–H and O–H groups in total. The van der Waals surface area contributed by atoms with Crippen molar-refractivity contribution in [2.75, 3.05) is 13.3 Å². The number of amides is 1. The van der Waals surface area contributed by atoms with Crippen LogP contribution in [-0.4, -0.2) is 58.5 Å². The molecule has 0 radical (unpaired) electrons. The molecular formula is C23H32BINO6-. The SMILES string of the molecule is CC[I-](CC)(CC)Cc1ccc(C(=O)N[C@@H](Cc2cccc(C(=O)O)c2O)B(O)O)cc1. The summed E-state index contributed by atoms with van der Waals surface area (Å²) < 4.78 is 4.88. The average Bonchev–Trinajstić information content (AvgIpc) is 2.78. The number of aromatic carboxylic acids is 1. The van der Waals surface area contributed by atoms with Crippen LogP contribution in [-0.2, 0) is 10.8 Å². The molecule has 7 nitrogen and oxygen atoms in total. The molecule has 0 saturated carbocycles. The summed E-state index contributed by atoms with van der Waals surface area (Å²) in [6, 6.07) is 11.6. The van der Waals surface area contributed by atoms with Crippen molar-refractivity contribution in [3.63, 3.8) is 0 Å². The third-order valence-corrected chi connectivity index (χ3v) is 18.0. The number of nitrogens with one attached hydrogen (secondary N) is 1. The zero-order valence-electron chi connectivity index (χ0n) is 18.7. The van der Waals surface area contributed by atoms with Crippen molar-refractivity contribution in [3.8, 4) is 5.75 Å². The van der Waals surface area contributed by atoms with Gasteiger partial charge in [0.25, 0.3) is 0 Å². The van der Waals surface area contributed by atoms with Crippen LogP contribution in [0, 0.1) is 0 Å². The number of hydrogen-bond donors (Lipinski definition) is 5. The topological polar surface area (TPSA) is 127 Å². The van der Waals surface area contributed by atoms with Gasteiger partial charge in [-0.25, -0.2) is 4.79 Å². The molecule has 2 aromatic carbocycles. The molecule has 2 aromatic rings. The molecule has 0 aromatic heterocycles. The van der Waals surface area contributed by atoms with Crippen molar-refractivity contribution in [3.05, 3.63) is 64.7 Å². The Morgan fingerprint density at radius 2 is 1.59 bits per heavy atom. The predicted molar refractivity (Wildman–Crippen MR) is 122 cm³/mol. The summed E-state index contributed by atoms with van der Waals surface area (Å²) in [6.07, 6.45) is -0.145. The first kappa shape index (κ1) is 26.1. The van der Waals surface area contributed by atoms with E-state index in [9.17, 15) is 24.7 Å². The van der Waals surface area contributed by atoms with E-state index in [0.29, 0.717) is 5.56 Å². The van der Waals surface area contributed by atoms with Gasteiger partial charge in [-0.3, -0.25) is 0 Å². The number of hydrogen-bond acceptors (Lipinski definition) is 5. The molecule has 2 rings (SSSR count). The van der Waals surface area contributed by atoms with Gasteiger partial charge in [0.1, 0.15) is 0 Å². The van der Waals surface area contributed by atoms with Crippen molar-refractivity contribution in [2.24, 2.45) is 0 Å². The number of carboxylic acids is 1. The van der Waals surface area contributed by atoms with Crippen LogP contribution in [0.1, 0.15) is 52.6 Å². The first-order valence-corrected chi connectivity index (χ1v) is 16.7. The van der Waals surface area contributed by atoms with E-state index >= 15 is 0 Å².